The number of morpholine rings is 1. The fraction of sp³-hybridized carbons (Fsp3) is 0.632. The average Bonchev–Trinajstić information content (AvgIpc) is 3.00. The van der Waals surface area contributed by atoms with Gasteiger partial charge >= 0.3 is 0 Å². The van der Waals surface area contributed by atoms with Crippen molar-refractivity contribution < 1.29 is 14.3 Å². The van der Waals surface area contributed by atoms with Gasteiger partial charge in [0.25, 0.3) is 5.91 Å². The number of hydrogen-bond acceptors (Lipinski definition) is 4. The van der Waals surface area contributed by atoms with Crippen LogP contribution in [0.5, 0.6) is 5.75 Å². The van der Waals surface area contributed by atoms with E-state index in [1.807, 2.05) is 6.07 Å². The van der Waals surface area contributed by atoms with Crippen molar-refractivity contribution in [2.45, 2.75) is 37.7 Å². The zero-order valence-corrected chi connectivity index (χ0v) is 15.2. The number of fused-ring (bicyclic) bond motifs is 3. The molecular formula is C19H25ClN2O3. The minimum Gasteiger partial charge on any atom is -0.489 e. The van der Waals surface area contributed by atoms with Gasteiger partial charge in [-0.05, 0) is 31.4 Å². The lowest BCUT2D eigenvalue weighted by Gasteiger charge is -2.26. The van der Waals surface area contributed by atoms with E-state index in [2.05, 4.69) is 10.2 Å². The summed E-state index contributed by atoms with van der Waals surface area (Å²) >= 11 is 6.30. The summed E-state index contributed by atoms with van der Waals surface area (Å²) in [5.74, 6) is 1.05. The van der Waals surface area contributed by atoms with E-state index in [0.29, 0.717) is 23.0 Å². The van der Waals surface area contributed by atoms with Gasteiger partial charge in [-0.1, -0.05) is 18.0 Å². The van der Waals surface area contributed by atoms with Gasteiger partial charge in [-0.2, -0.15) is 0 Å². The molecule has 1 amide bonds. The SMILES string of the molecule is O=C(NCCN1CCOCC1)c1cc(Cl)cc2c1OC1CCCCC21. The van der Waals surface area contributed by atoms with Crippen molar-refractivity contribution in [2.75, 3.05) is 39.4 Å². The van der Waals surface area contributed by atoms with Crippen LogP contribution in [-0.4, -0.2) is 56.3 Å². The Morgan fingerprint density at radius 3 is 2.88 bits per heavy atom. The molecule has 6 heteroatoms. The maximum atomic E-state index is 12.7. The Balaban J connectivity index is 1.44. The average molecular weight is 365 g/mol. The predicted octanol–water partition coefficient (Wildman–Crippen LogP) is 2.82. The van der Waals surface area contributed by atoms with Crippen molar-refractivity contribution in [3.05, 3.63) is 28.3 Å². The molecule has 3 aliphatic rings. The Bertz CT molecular complexity index is 646. The minimum atomic E-state index is -0.0920. The fourth-order valence-corrected chi connectivity index (χ4v) is 4.41. The molecule has 0 spiro atoms. The van der Waals surface area contributed by atoms with Crippen LogP contribution in [0.4, 0.5) is 0 Å². The second-order valence-corrected chi connectivity index (χ2v) is 7.57. The number of nitrogens with zero attached hydrogens (tertiary/aromatic N) is 1. The van der Waals surface area contributed by atoms with Gasteiger partial charge in [-0.3, -0.25) is 9.69 Å². The molecule has 2 aliphatic heterocycles. The highest BCUT2D eigenvalue weighted by Crippen LogP contribution is 2.48. The molecule has 4 rings (SSSR count). The molecule has 1 saturated heterocycles. The minimum absolute atomic E-state index is 0.0920. The van der Waals surface area contributed by atoms with Crippen LogP contribution in [0, 0.1) is 0 Å². The second-order valence-electron chi connectivity index (χ2n) is 7.13. The fourth-order valence-electron chi connectivity index (χ4n) is 4.18. The number of ether oxygens (including phenoxy) is 2. The molecule has 0 aromatic heterocycles. The lowest BCUT2D eigenvalue weighted by Crippen LogP contribution is -2.41. The van der Waals surface area contributed by atoms with E-state index in [1.54, 1.807) is 6.07 Å². The van der Waals surface area contributed by atoms with E-state index in [4.69, 9.17) is 21.1 Å². The number of benzene rings is 1. The Morgan fingerprint density at radius 1 is 1.24 bits per heavy atom. The molecule has 0 radical (unpaired) electrons. The summed E-state index contributed by atoms with van der Waals surface area (Å²) in [5, 5.41) is 3.64. The van der Waals surface area contributed by atoms with Crippen molar-refractivity contribution in [1.29, 1.82) is 0 Å². The lowest BCUT2D eigenvalue weighted by atomic mass is 9.83. The molecule has 1 aliphatic carbocycles. The summed E-state index contributed by atoms with van der Waals surface area (Å²) in [6.07, 6.45) is 4.81. The maximum absolute atomic E-state index is 12.7. The van der Waals surface area contributed by atoms with Crippen LogP contribution >= 0.6 is 11.6 Å². The number of rotatable bonds is 4. The van der Waals surface area contributed by atoms with E-state index < -0.39 is 0 Å². The predicted molar refractivity (Wildman–Crippen MR) is 96.7 cm³/mol. The quantitative estimate of drug-likeness (QED) is 0.892. The normalized spacial score (nSPS) is 25.8. The summed E-state index contributed by atoms with van der Waals surface area (Å²) in [6, 6.07) is 3.72. The van der Waals surface area contributed by atoms with Crippen LogP contribution in [0.15, 0.2) is 12.1 Å². The largest absolute Gasteiger partial charge is 0.489 e. The molecule has 2 heterocycles. The summed E-state index contributed by atoms with van der Waals surface area (Å²) in [7, 11) is 0. The van der Waals surface area contributed by atoms with Crippen LogP contribution < -0.4 is 10.1 Å². The Morgan fingerprint density at radius 2 is 2.04 bits per heavy atom. The van der Waals surface area contributed by atoms with Crippen LogP contribution in [-0.2, 0) is 4.74 Å². The van der Waals surface area contributed by atoms with Gasteiger partial charge in [-0.25, -0.2) is 0 Å². The van der Waals surface area contributed by atoms with Crippen molar-refractivity contribution in [3.63, 3.8) is 0 Å². The highest BCUT2D eigenvalue weighted by Gasteiger charge is 2.38. The summed E-state index contributed by atoms with van der Waals surface area (Å²) in [5.41, 5.74) is 1.70. The van der Waals surface area contributed by atoms with Crippen molar-refractivity contribution in [3.8, 4) is 5.75 Å². The van der Waals surface area contributed by atoms with E-state index >= 15 is 0 Å². The smallest absolute Gasteiger partial charge is 0.255 e. The van der Waals surface area contributed by atoms with Gasteiger partial charge in [0.2, 0.25) is 0 Å². The number of halogens is 1. The molecule has 2 atom stereocenters. The molecular weight excluding hydrogens is 340 g/mol. The van der Waals surface area contributed by atoms with Crippen molar-refractivity contribution in [2.24, 2.45) is 0 Å². The molecule has 1 saturated carbocycles. The standard InChI is InChI=1S/C19H25ClN2O3/c20-13-11-15-14-3-1-2-4-17(14)25-18(15)16(12-13)19(23)21-5-6-22-7-9-24-10-8-22/h11-12,14,17H,1-10H2,(H,21,23). The topological polar surface area (TPSA) is 50.8 Å². The summed E-state index contributed by atoms with van der Waals surface area (Å²) in [6.45, 7) is 4.85. The van der Waals surface area contributed by atoms with Gasteiger partial charge < -0.3 is 14.8 Å². The number of amides is 1. The molecule has 2 unspecified atom stereocenters. The zero-order chi connectivity index (χ0) is 17.2. The molecule has 1 aromatic carbocycles. The first-order valence-electron chi connectivity index (χ1n) is 9.31. The molecule has 5 nitrogen and oxygen atoms in total. The second kappa shape index (κ2) is 7.52. The third-order valence-electron chi connectivity index (χ3n) is 5.52. The molecule has 2 fully saturated rings. The zero-order valence-electron chi connectivity index (χ0n) is 14.4. The van der Waals surface area contributed by atoms with E-state index in [1.165, 1.54) is 12.8 Å². The molecule has 136 valence electrons. The van der Waals surface area contributed by atoms with Crippen molar-refractivity contribution >= 4 is 17.5 Å². The third kappa shape index (κ3) is 3.64. The van der Waals surface area contributed by atoms with Gasteiger partial charge in [0.15, 0.2) is 0 Å². The number of nitrogens with one attached hydrogen (secondary N) is 1. The Hall–Kier alpha value is -1.30. The Labute approximate surface area is 153 Å². The van der Waals surface area contributed by atoms with Gasteiger partial charge in [0.05, 0.1) is 18.8 Å². The first kappa shape index (κ1) is 17.1. The Kier molecular flexibility index (Phi) is 5.15. The van der Waals surface area contributed by atoms with Crippen molar-refractivity contribution in [1.82, 2.24) is 10.2 Å². The van der Waals surface area contributed by atoms with E-state index in [0.717, 1.165) is 57.0 Å². The monoisotopic (exact) mass is 364 g/mol. The van der Waals surface area contributed by atoms with Crippen LogP contribution in [0.1, 0.15) is 47.5 Å². The first-order valence-corrected chi connectivity index (χ1v) is 9.68. The maximum Gasteiger partial charge on any atom is 0.255 e. The third-order valence-corrected chi connectivity index (χ3v) is 5.73. The molecule has 1 aromatic rings. The van der Waals surface area contributed by atoms with Crippen LogP contribution in [0.3, 0.4) is 0 Å². The van der Waals surface area contributed by atoms with E-state index in [9.17, 15) is 4.79 Å². The number of carbonyl (C=O) groups excluding carboxylic acids is 1. The number of hydrogen-bond donors (Lipinski definition) is 1. The van der Waals surface area contributed by atoms with E-state index in [-0.39, 0.29) is 12.0 Å². The molecule has 25 heavy (non-hydrogen) atoms. The lowest BCUT2D eigenvalue weighted by molar-refractivity contribution is 0.0383. The molecule has 1 N–H and O–H groups in total. The van der Waals surface area contributed by atoms with Crippen LogP contribution in [0.2, 0.25) is 5.02 Å². The highest BCUT2D eigenvalue weighted by atomic mass is 35.5. The number of carbonyl (C=O) groups is 1. The highest BCUT2D eigenvalue weighted by molar-refractivity contribution is 6.31. The van der Waals surface area contributed by atoms with Gasteiger partial charge in [-0.15, -0.1) is 0 Å². The van der Waals surface area contributed by atoms with Gasteiger partial charge in [0.1, 0.15) is 11.9 Å². The first-order chi connectivity index (χ1) is 12.2. The molecule has 0 bridgehead atoms. The summed E-state index contributed by atoms with van der Waals surface area (Å²) < 4.78 is 11.5. The van der Waals surface area contributed by atoms with Gasteiger partial charge in [0, 0.05) is 42.7 Å². The summed E-state index contributed by atoms with van der Waals surface area (Å²) in [4.78, 5) is 15.0. The van der Waals surface area contributed by atoms with Crippen LogP contribution in [0.25, 0.3) is 0 Å².